The Morgan fingerprint density at radius 1 is 0.758 bits per heavy atom. The highest BCUT2D eigenvalue weighted by Gasteiger charge is 2.26. The summed E-state index contributed by atoms with van der Waals surface area (Å²) in [6, 6.07) is 15.7. The lowest BCUT2D eigenvalue weighted by atomic mass is 9.76. The van der Waals surface area contributed by atoms with Gasteiger partial charge >= 0.3 is 0 Å². The molecule has 2 aromatic rings. The number of epoxide rings is 2. The van der Waals surface area contributed by atoms with E-state index in [4.69, 9.17) is 18.9 Å². The number of rotatable bonds is 12. The molecule has 0 spiro atoms. The minimum Gasteiger partial charge on any atom is -0.491 e. The fourth-order valence-electron chi connectivity index (χ4n) is 5.05. The quantitative estimate of drug-likeness (QED) is 0.277. The minimum atomic E-state index is 0.302. The van der Waals surface area contributed by atoms with Crippen molar-refractivity contribution in [1.29, 1.82) is 0 Å². The monoisotopic (exact) mass is 450 g/mol. The molecule has 0 radical (unpaired) electrons. The molecule has 2 aromatic carbocycles. The van der Waals surface area contributed by atoms with E-state index in [9.17, 15) is 0 Å². The average molecular weight is 451 g/mol. The molecule has 33 heavy (non-hydrogen) atoms. The highest BCUT2D eigenvalue weighted by atomic mass is 16.6. The van der Waals surface area contributed by atoms with Crippen molar-refractivity contribution < 1.29 is 18.9 Å². The van der Waals surface area contributed by atoms with Crippen molar-refractivity contribution in [1.82, 2.24) is 0 Å². The van der Waals surface area contributed by atoms with E-state index in [-0.39, 0.29) is 0 Å². The molecule has 3 fully saturated rings. The van der Waals surface area contributed by atoms with E-state index >= 15 is 0 Å². The normalized spacial score (nSPS) is 26.1. The van der Waals surface area contributed by atoms with Crippen molar-refractivity contribution >= 4 is 0 Å². The second-order valence-electron chi connectivity index (χ2n) is 9.97. The molecule has 1 aliphatic carbocycles. The van der Waals surface area contributed by atoms with Gasteiger partial charge < -0.3 is 18.9 Å². The Hall–Kier alpha value is -2.04. The average Bonchev–Trinajstić information content (AvgIpc) is 3.78. The van der Waals surface area contributed by atoms with Gasteiger partial charge in [0.25, 0.3) is 0 Å². The number of hydrogen-bond donors (Lipinski definition) is 0. The van der Waals surface area contributed by atoms with Gasteiger partial charge in [0.2, 0.25) is 0 Å². The number of benzene rings is 2. The first-order chi connectivity index (χ1) is 16.3. The first-order valence-corrected chi connectivity index (χ1v) is 13.0. The van der Waals surface area contributed by atoms with Gasteiger partial charge in [-0.05, 0) is 85.3 Å². The Labute approximate surface area is 198 Å². The number of unbranched alkanes of at least 4 members (excludes halogenated alkanes) is 2. The lowest BCUT2D eigenvalue weighted by Crippen LogP contribution is -2.13. The van der Waals surface area contributed by atoms with Crippen molar-refractivity contribution in [2.45, 2.75) is 82.3 Å². The highest BCUT2D eigenvalue weighted by Crippen LogP contribution is 2.41. The molecule has 3 aliphatic rings. The van der Waals surface area contributed by atoms with E-state index < -0.39 is 0 Å². The van der Waals surface area contributed by atoms with Crippen LogP contribution in [-0.2, 0) is 15.9 Å². The molecule has 0 N–H and O–H groups in total. The van der Waals surface area contributed by atoms with E-state index in [0.717, 1.165) is 31.1 Å². The van der Waals surface area contributed by atoms with Gasteiger partial charge in [0.15, 0.2) is 0 Å². The van der Waals surface area contributed by atoms with Gasteiger partial charge in [0.05, 0.1) is 13.2 Å². The maximum atomic E-state index is 6.11. The molecule has 4 nitrogen and oxygen atoms in total. The molecule has 4 heteroatoms. The van der Waals surface area contributed by atoms with E-state index in [1.54, 1.807) is 0 Å². The topological polar surface area (TPSA) is 43.5 Å². The molecule has 2 unspecified atom stereocenters. The molecule has 2 heterocycles. The first-order valence-electron chi connectivity index (χ1n) is 13.0. The van der Waals surface area contributed by atoms with Crippen LogP contribution < -0.4 is 9.47 Å². The van der Waals surface area contributed by atoms with Crippen molar-refractivity contribution in [2.75, 3.05) is 26.4 Å². The zero-order chi connectivity index (χ0) is 22.5. The fourth-order valence-corrected chi connectivity index (χ4v) is 5.05. The van der Waals surface area contributed by atoms with Crippen LogP contribution in [-0.4, -0.2) is 38.6 Å². The maximum Gasteiger partial charge on any atom is 0.122 e. The Kier molecular flexibility index (Phi) is 7.53. The van der Waals surface area contributed by atoms with Gasteiger partial charge in [0.1, 0.15) is 36.9 Å². The summed E-state index contributed by atoms with van der Waals surface area (Å²) in [7, 11) is 0. The van der Waals surface area contributed by atoms with Crippen LogP contribution in [0, 0.1) is 0 Å². The Bertz CT molecular complexity index is 877. The third-order valence-electron chi connectivity index (χ3n) is 7.35. The first kappa shape index (κ1) is 22.7. The Balaban J connectivity index is 1.17. The summed E-state index contributed by atoms with van der Waals surface area (Å²) >= 11 is 0. The van der Waals surface area contributed by atoms with E-state index in [1.807, 2.05) is 0 Å². The van der Waals surface area contributed by atoms with E-state index in [1.165, 1.54) is 61.6 Å². The second-order valence-corrected chi connectivity index (χ2v) is 9.97. The number of hydrogen-bond acceptors (Lipinski definition) is 4. The molecule has 5 rings (SSSR count). The molecule has 0 bridgehead atoms. The smallest absolute Gasteiger partial charge is 0.122 e. The maximum absolute atomic E-state index is 6.11. The zero-order valence-electron chi connectivity index (χ0n) is 20.0. The molecule has 0 aromatic heterocycles. The van der Waals surface area contributed by atoms with Crippen molar-refractivity contribution in [3.8, 4) is 11.5 Å². The van der Waals surface area contributed by atoms with Crippen LogP contribution >= 0.6 is 0 Å². The second kappa shape index (κ2) is 10.9. The highest BCUT2D eigenvalue weighted by molar-refractivity contribution is 5.39. The van der Waals surface area contributed by atoms with Crippen molar-refractivity contribution in [3.63, 3.8) is 0 Å². The van der Waals surface area contributed by atoms with Gasteiger partial charge in [-0.15, -0.1) is 0 Å². The largest absolute Gasteiger partial charge is 0.491 e. The van der Waals surface area contributed by atoms with Gasteiger partial charge in [-0.2, -0.15) is 0 Å². The van der Waals surface area contributed by atoms with Gasteiger partial charge in [-0.25, -0.2) is 0 Å². The summed E-state index contributed by atoms with van der Waals surface area (Å²) in [6.07, 6.45) is 10.5. The third-order valence-corrected chi connectivity index (χ3v) is 7.35. The van der Waals surface area contributed by atoms with Gasteiger partial charge in [0, 0.05) is 0 Å². The lowest BCUT2D eigenvalue weighted by Gasteiger charge is -2.29. The standard InChI is InChI=1S/C29H38O4/c1-2-3-4-5-25-16-24(12-15-29(25)33-20-28-19-32-28)23-8-6-21(7-9-23)22-10-13-26(14-11-22)30-17-27-18-31-27/h10-16,21,23,27-28H,2-9,17-20H2,1H3. The summed E-state index contributed by atoms with van der Waals surface area (Å²) < 4.78 is 22.5. The van der Waals surface area contributed by atoms with Crippen LogP contribution in [0.3, 0.4) is 0 Å². The molecule has 1 saturated carbocycles. The van der Waals surface area contributed by atoms with Crippen LogP contribution in [0.5, 0.6) is 11.5 Å². The number of aryl methyl sites for hydroxylation is 1. The molecular weight excluding hydrogens is 412 g/mol. The zero-order valence-corrected chi connectivity index (χ0v) is 20.0. The predicted molar refractivity (Wildman–Crippen MR) is 131 cm³/mol. The summed E-state index contributed by atoms with van der Waals surface area (Å²) in [5.41, 5.74) is 4.34. The Morgan fingerprint density at radius 3 is 2.00 bits per heavy atom. The van der Waals surface area contributed by atoms with Crippen LogP contribution in [0.2, 0.25) is 0 Å². The van der Waals surface area contributed by atoms with Crippen molar-refractivity contribution in [2.24, 2.45) is 0 Å². The van der Waals surface area contributed by atoms with Crippen molar-refractivity contribution in [3.05, 3.63) is 59.2 Å². The molecule has 2 atom stereocenters. The van der Waals surface area contributed by atoms with Crippen LogP contribution in [0.15, 0.2) is 42.5 Å². The molecular formula is C29H38O4. The lowest BCUT2D eigenvalue weighted by molar-refractivity contribution is 0.261. The molecule has 2 saturated heterocycles. The fraction of sp³-hybridized carbons (Fsp3) is 0.586. The van der Waals surface area contributed by atoms with Crippen LogP contribution in [0.25, 0.3) is 0 Å². The molecule has 2 aliphatic heterocycles. The van der Waals surface area contributed by atoms with Gasteiger partial charge in [-0.3, -0.25) is 0 Å². The SMILES string of the molecule is CCCCCc1cc(C2CCC(c3ccc(OCC4CO4)cc3)CC2)ccc1OCC1CO1. The third kappa shape index (κ3) is 6.51. The van der Waals surface area contributed by atoms with E-state index in [2.05, 4.69) is 49.4 Å². The van der Waals surface area contributed by atoms with E-state index in [0.29, 0.717) is 37.3 Å². The van der Waals surface area contributed by atoms with Gasteiger partial charge in [-0.1, -0.05) is 44.0 Å². The van der Waals surface area contributed by atoms with Crippen LogP contribution in [0.1, 0.15) is 80.4 Å². The summed E-state index contributed by atoms with van der Waals surface area (Å²) in [4.78, 5) is 0. The Morgan fingerprint density at radius 2 is 1.36 bits per heavy atom. The summed E-state index contributed by atoms with van der Waals surface area (Å²) in [6.45, 7) is 5.30. The van der Waals surface area contributed by atoms with Crippen LogP contribution in [0.4, 0.5) is 0 Å². The summed E-state index contributed by atoms with van der Waals surface area (Å²) in [5.74, 6) is 3.34. The summed E-state index contributed by atoms with van der Waals surface area (Å²) in [5, 5.41) is 0. The molecule has 178 valence electrons. The predicted octanol–water partition coefficient (Wildman–Crippen LogP) is 6.42. The molecule has 0 amide bonds. The minimum absolute atomic E-state index is 0.302. The number of ether oxygens (including phenoxy) is 4.